The molecule has 1 aliphatic carbocycles. The van der Waals surface area contributed by atoms with Crippen molar-refractivity contribution in [2.24, 2.45) is 11.7 Å². The Hall–Kier alpha value is -1.55. The van der Waals surface area contributed by atoms with Crippen molar-refractivity contribution in [3.63, 3.8) is 0 Å². The molecular formula is C17H26N2O2. The molecule has 116 valence electrons. The van der Waals surface area contributed by atoms with Crippen molar-refractivity contribution >= 4 is 5.91 Å². The van der Waals surface area contributed by atoms with Crippen LogP contribution in [0.1, 0.15) is 36.5 Å². The van der Waals surface area contributed by atoms with Crippen LogP contribution in [-0.2, 0) is 4.79 Å². The highest BCUT2D eigenvalue weighted by Gasteiger charge is 2.41. The number of carbonyl (C=O) groups excluding carboxylic acids is 1. The van der Waals surface area contributed by atoms with E-state index in [2.05, 4.69) is 24.4 Å². The Morgan fingerprint density at radius 2 is 1.90 bits per heavy atom. The van der Waals surface area contributed by atoms with Crippen LogP contribution < -0.4 is 15.8 Å². The molecule has 2 rings (SSSR count). The molecule has 1 aromatic rings. The molecule has 1 unspecified atom stereocenters. The van der Waals surface area contributed by atoms with Crippen molar-refractivity contribution < 1.29 is 9.53 Å². The van der Waals surface area contributed by atoms with Gasteiger partial charge in [0, 0.05) is 6.54 Å². The topological polar surface area (TPSA) is 64.3 Å². The fourth-order valence-corrected chi connectivity index (χ4v) is 2.93. The van der Waals surface area contributed by atoms with Crippen LogP contribution in [0.4, 0.5) is 0 Å². The molecule has 0 radical (unpaired) electrons. The van der Waals surface area contributed by atoms with Gasteiger partial charge in [0.05, 0.1) is 5.54 Å². The fourth-order valence-electron chi connectivity index (χ4n) is 2.93. The van der Waals surface area contributed by atoms with E-state index in [4.69, 9.17) is 10.5 Å². The van der Waals surface area contributed by atoms with Crippen LogP contribution in [-0.4, -0.2) is 24.6 Å². The quantitative estimate of drug-likeness (QED) is 0.844. The number of benzene rings is 1. The van der Waals surface area contributed by atoms with Gasteiger partial charge in [0.1, 0.15) is 5.75 Å². The third-order valence-corrected chi connectivity index (χ3v) is 4.28. The molecule has 1 saturated carbocycles. The smallest absolute Gasteiger partial charge is 0.258 e. The van der Waals surface area contributed by atoms with Crippen molar-refractivity contribution in [1.29, 1.82) is 0 Å². The number of carbonyl (C=O) groups is 1. The maximum Gasteiger partial charge on any atom is 0.258 e. The number of hydrogen-bond acceptors (Lipinski definition) is 3. The zero-order valence-electron chi connectivity index (χ0n) is 13.5. The summed E-state index contributed by atoms with van der Waals surface area (Å²) in [6.07, 6.45) is 2.29. The number of amides is 1. The third-order valence-electron chi connectivity index (χ3n) is 4.28. The molecule has 0 saturated heterocycles. The summed E-state index contributed by atoms with van der Waals surface area (Å²) in [6.45, 7) is 8.58. The first-order valence-electron chi connectivity index (χ1n) is 7.57. The van der Waals surface area contributed by atoms with Crippen molar-refractivity contribution in [2.75, 3.05) is 13.2 Å². The second-order valence-corrected chi connectivity index (χ2v) is 6.46. The van der Waals surface area contributed by atoms with E-state index >= 15 is 0 Å². The van der Waals surface area contributed by atoms with E-state index in [1.165, 1.54) is 5.56 Å². The molecule has 0 heterocycles. The summed E-state index contributed by atoms with van der Waals surface area (Å²) in [6, 6.07) is 4.13. The van der Waals surface area contributed by atoms with Crippen LogP contribution in [0.25, 0.3) is 0 Å². The lowest BCUT2D eigenvalue weighted by Gasteiger charge is -2.29. The van der Waals surface area contributed by atoms with Gasteiger partial charge in [-0.05, 0) is 57.6 Å². The lowest BCUT2D eigenvalue weighted by Crippen LogP contribution is -2.54. The molecule has 1 atom stereocenters. The summed E-state index contributed by atoms with van der Waals surface area (Å²) in [5.74, 6) is 1.21. The van der Waals surface area contributed by atoms with Gasteiger partial charge < -0.3 is 15.8 Å². The van der Waals surface area contributed by atoms with Gasteiger partial charge in [0.2, 0.25) is 0 Å². The van der Waals surface area contributed by atoms with Crippen LogP contribution in [0.15, 0.2) is 12.1 Å². The normalized spacial score (nSPS) is 17.2. The van der Waals surface area contributed by atoms with Crippen LogP contribution in [0.3, 0.4) is 0 Å². The summed E-state index contributed by atoms with van der Waals surface area (Å²) in [5.41, 5.74) is 8.84. The Morgan fingerprint density at radius 1 is 1.33 bits per heavy atom. The average molecular weight is 290 g/mol. The van der Waals surface area contributed by atoms with E-state index in [1.54, 1.807) is 0 Å². The van der Waals surface area contributed by atoms with Crippen molar-refractivity contribution in [1.82, 2.24) is 5.32 Å². The fraction of sp³-hybridized carbons (Fsp3) is 0.588. The van der Waals surface area contributed by atoms with E-state index in [1.807, 2.05) is 20.8 Å². The van der Waals surface area contributed by atoms with Crippen molar-refractivity contribution in [3.05, 3.63) is 28.8 Å². The molecule has 4 heteroatoms. The Balaban J connectivity index is 1.95. The molecule has 0 bridgehead atoms. The standard InChI is InChI=1S/C17H26N2O2/c1-11-7-12(2)16(13(3)8-11)21-9-15(20)19-17(4,10-18)14-5-6-14/h7-8,14H,5-6,9-10,18H2,1-4H3,(H,19,20). The van der Waals surface area contributed by atoms with Gasteiger partial charge in [-0.3, -0.25) is 4.79 Å². The molecule has 1 fully saturated rings. The molecular weight excluding hydrogens is 264 g/mol. The molecule has 3 N–H and O–H groups in total. The van der Waals surface area contributed by atoms with Gasteiger partial charge in [-0.1, -0.05) is 17.7 Å². The van der Waals surface area contributed by atoms with E-state index in [9.17, 15) is 4.79 Å². The minimum Gasteiger partial charge on any atom is -0.483 e. The molecule has 1 amide bonds. The summed E-state index contributed by atoms with van der Waals surface area (Å²) in [5, 5.41) is 3.04. The molecule has 1 aromatic carbocycles. The second-order valence-electron chi connectivity index (χ2n) is 6.46. The minimum absolute atomic E-state index is 0.0348. The van der Waals surface area contributed by atoms with E-state index in [0.717, 1.165) is 29.7 Å². The molecule has 0 aliphatic heterocycles. The minimum atomic E-state index is -0.294. The monoisotopic (exact) mass is 290 g/mol. The Bertz CT molecular complexity index is 515. The first-order valence-corrected chi connectivity index (χ1v) is 7.57. The van der Waals surface area contributed by atoms with Gasteiger partial charge in [0.15, 0.2) is 6.61 Å². The maximum absolute atomic E-state index is 12.1. The van der Waals surface area contributed by atoms with E-state index in [-0.39, 0.29) is 18.1 Å². The third kappa shape index (κ3) is 3.76. The van der Waals surface area contributed by atoms with Crippen molar-refractivity contribution in [3.8, 4) is 5.75 Å². The van der Waals surface area contributed by atoms with Crippen molar-refractivity contribution in [2.45, 2.75) is 46.1 Å². The summed E-state index contributed by atoms with van der Waals surface area (Å²) in [4.78, 5) is 12.1. The number of hydrogen-bond donors (Lipinski definition) is 2. The highest BCUT2D eigenvalue weighted by molar-refractivity contribution is 5.78. The zero-order chi connectivity index (χ0) is 15.6. The first kappa shape index (κ1) is 15.8. The van der Waals surface area contributed by atoms with Crippen LogP contribution >= 0.6 is 0 Å². The number of nitrogens with two attached hydrogens (primary N) is 1. The van der Waals surface area contributed by atoms with E-state index < -0.39 is 0 Å². The highest BCUT2D eigenvalue weighted by atomic mass is 16.5. The van der Waals surface area contributed by atoms with Crippen LogP contribution in [0.5, 0.6) is 5.75 Å². The maximum atomic E-state index is 12.1. The number of ether oxygens (including phenoxy) is 1. The molecule has 21 heavy (non-hydrogen) atoms. The Kier molecular flexibility index (Phi) is 4.57. The highest BCUT2D eigenvalue weighted by Crippen LogP contribution is 2.38. The zero-order valence-corrected chi connectivity index (χ0v) is 13.5. The Morgan fingerprint density at radius 3 is 2.38 bits per heavy atom. The summed E-state index contributed by atoms with van der Waals surface area (Å²) < 4.78 is 5.72. The average Bonchev–Trinajstić information content (AvgIpc) is 3.21. The van der Waals surface area contributed by atoms with Gasteiger partial charge in [-0.15, -0.1) is 0 Å². The van der Waals surface area contributed by atoms with Gasteiger partial charge in [-0.25, -0.2) is 0 Å². The molecule has 0 spiro atoms. The summed E-state index contributed by atoms with van der Waals surface area (Å²) >= 11 is 0. The predicted octanol–water partition coefficient (Wildman–Crippen LogP) is 2.23. The number of nitrogens with one attached hydrogen (secondary N) is 1. The Labute approximate surface area is 127 Å². The van der Waals surface area contributed by atoms with Gasteiger partial charge in [0.25, 0.3) is 5.91 Å². The second kappa shape index (κ2) is 6.06. The molecule has 1 aliphatic rings. The first-order chi connectivity index (χ1) is 9.85. The number of rotatable bonds is 6. The van der Waals surface area contributed by atoms with Gasteiger partial charge in [-0.2, -0.15) is 0 Å². The largest absolute Gasteiger partial charge is 0.483 e. The summed E-state index contributed by atoms with van der Waals surface area (Å²) in [7, 11) is 0. The molecule has 4 nitrogen and oxygen atoms in total. The van der Waals surface area contributed by atoms with Crippen LogP contribution in [0, 0.1) is 26.7 Å². The van der Waals surface area contributed by atoms with E-state index in [0.29, 0.717) is 12.5 Å². The SMILES string of the molecule is Cc1cc(C)c(OCC(=O)NC(C)(CN)C2CC2)c(C)c1. The van der Waals surface area contributed by atoms with Crippen LogP contribution in [0.2, 0.25) is 0 Å². The lowest BCUT2D eigenvalue weighted by molar-refractivity contribution is -0.125. The molecule has 0 aromatic heterocycles. The predicted molar refractivity (Wildman–Crippen MR) is 84.5 cm³/mol. The lowest BCUT2D eigenvalue weighted by atomic mass is 9.96. The number of aryl methyl sites for hydroxylation is 3. The van der Waals surface area contributed by atoms with Gasteiger partial charge >= 0.3 is 0 Å².